The molecule has 2 nitrogen and oxygen atoms in total. The number of fused-ring (bicyclic) bond motifs is 5. The van der Waals surface area contributed by atoms with Gasteiger partial charge in [-0.25, -0.2) is 0 Å². The van der Waals surface area contributed by atoms with Crippen molar-refractivity contribution in [3.05, 3.63) is 211 Å². The van der Waals surface area contributed by atoms with Crippen LogP contribution < -0.4 is 4.90 Å². The number of benzene rings is 9. The van der Waals surface area contributed by atoms with Gasteiger partial charge in [0.1, 0.15) is 5.58 Å². The molecule has 0 saturated carbocycles. The van der Waals surface area contributed by atoms with Crippen molar-refractivity contribution in [2.45, 2.75) is 0 Å². The highest BCUT2D eigenvalue weighted by molar-refractivity contribution is 6.21. The van der Waals surface area contributed by atoms with Gasteiger partial charge in [-0.05, 0) is 86.1 Å². The zero-order valence-corrected chi connectivity index (χ0v) is 26.9. The Hall–Kier alpha value is -7.16. The van der Waals surface area contributed by atoms with E-state index in [0.717, 1.165) is 0 Å². The molecule has 10 rings (SSSR count). The zero-order chi connectivity index (χ0) is 66.3. The molecule has 0 spiro atoms. The maximum Gasteiger partial charge on any atom is 0.159 e. The fourth-order valence-electron chi connectivity index (χ4n) is 5.53. The van der Waals surface area contributed by atoms with Crippen molar-refractivity contribution in [1.29, 1.82) is 0 Å². The van der Waals surface area contributed by atoms with Gasteiger partial charge < -0.3 is 9.32 Å². The van der Waals surface area contributed by atoms with E-state index in [-0.39, 0.29) is 0 Å². The van der Waals surface area contributed by atoms with E-state index in [1.54, 1.807) is 0 Å². The average Bonchev–Trinajstić information content (AvgIpc) is 1.64. The molecule has 0 N–H and O–H groups in total. The molecule has 0 saturated heterocycles. The van der Waals surface area contributed by atoms with Gasteiger partial charge in [0, 0.05) is 27.5 Å². The summed E-state index contributed by atoms with van der Waals surface area (Å²) >= 11 is 0. The van der Waals surface area contributed by atoms with E-state index in [4.69, 9.17) is 34.6 Å². The van der Waals surface area contributed by atoms with Crippen LogP contribution in [-0.2, 0) is 0 Å². The highest BCUT2D eigenvalue weighted by Gasteiger charge is 2.21. The molecular formula is C52H35NO. The quantitative estimate of drug-likeness (QED) is 0.163. The smallest absolute Gasteiger partial charge is 0.159 e. The Morgan fingerprint density at radius 3 is 1.22 bits per heavy atom. The minimum atomic E-state index is -1.37. The highest BCUT2D eigenvalue weighted by Crippen LogP contribution is 2.46. The summed E-state index contributed by atoms with van der Waals surface area (Å²) in [6.07, 6.45) is 0. The van der Waals surface area contributed by atoms with Gasteiger partial charge in [-0.3, -0.25) is 0 Å². The predicted octanol–water partition coefficient (Wildman–Crippen LogP) is 14.9. The Bertz CT molecular complexity index is 4800. The SMILES string of the molecule is [2H]c1c([2H])c([2H])c(-c2c([2H])c([2H])c(-c3c([2H])c([2H])c(N(c4c([2H])c([2H])c(-c5c([2H])c([2H])c([2H])c([2H])c5[2H])c([2H])c4[2H])c4c([2H])c([2H])c([2H])c5c4oc4c6c([2H])c([2H])c([2H])c([2H])c6c(-c6c([2H])c([2H])c([2H])c([2H])c6[2H])c([2H])c45)c([2H])c3[2H])c([2H])c2[2H])c([2H])c1[2H]. The second-order valence-corrected chi connectivity index (χ2v) is 11.0. The molecule has 1 aromatic heterocycles. The van der Waals surface area contributed by atoms with Crippen LogP contribution >= 0.6 is 0 Å². The monoisotopic (exact) mass is 724 g/mol. The lowest BCUT2D eigenvalue weighted by Crippen LogP contribution is -2.10. The maximum atomic E-state index is 9.83. The van der Waals surface area contributed by atoms with Crippen molar-refractivity contribution in [1.82, 2.24) is 0 Å². The van der Waals surface area contributed by atoms with Gasteiger partial charge in [0.15, 0.2) is 5.58 Å². The maximum absolute atomic E-state index is 9.83. The van der Waals surface area contributed by atoms with E-state index in [1.807, 2.05) is 0 Å². The van der Waals surface area contributed by atoms with Crippen LogP contribution in [0.1, 0.15) is 48.0 Å². The van der Waals surface area contributed by atoms with Crippen molar-refractivity contribution in [3.63, 3.8) is 0 Å². The first kappa shape index (κ1) is 11.9. The summed E-state index contributed by atoms with van der Waals surface area (Å²) in [5.41, 5.74) is -12.4. The Balaban J connectivity index is 1.42. The molecular weight excluding hydrogens is 655 g/mol. The van der Waals surface area contributed by atoms with Gasteiger partial charge in [-0.1, -0.05) is 175 Å². The summed E-state index contributed by atoms with van der Waals surface area (Å²) in [4.78, 5) is 0.315. The Morgan fingerprint density at radius 2 is 0.704 bits per heavy atom. The van der Waals surface area contributed by atoms with E-state index < -0.39 is 306 Å². The van der Waals surface area contributed by atoms with Gasteiger partial charge in [0.2, 0.25) is 0 Å². The van der Waals surface area contributed by atoms with Gasteiger partial charge in [0.05, 0.1) is 53.7 Å². The number of hydrogen-bond donors (Lipinski definition) is 0. The van der Waals surface area contributed by atoms with Crippen LogP contribution in [0.3, 0.4) is 0 Å². The Morgan fingerprint density at radius 1 is 0.315 bits per heavy atom. The van der Waals surface area contributed by atoms with Crippen LogP contribution in [0.4, 0.5) is 17.1 Å². The summed E-state index contributed by atoms with van der Waals surface area (Å²) in [7, 11) is 0. The van der Waals surface area contributed by atoms with Crippen molar-refractivity contribution in [2.24, 2.45) is 0 Å². The van der Waals surface area contributed by atoms with E-state index in [9.17, 15) is 17.8 Å². The fourth-order valence-corrected chi connectivity index (χ4v) is 5.53. The second-order valence-electron chi connectivity index (χ2n) is 11.0. The number of furan rings is 1. The summed E-state index contributed by atoms with van der Waals surface area (Å²) in [5, 5.41) is -2.97. The van der Waals surface area contributed by atoms with E-state index >= 15 is 0 Å². The van der Waals surface area contributed by atoms with Crippen molar-refractivity contribution in [3.8, 4) is 44.5 Å². The number of rotatable bonds is 7. The molecule has 2 heteroatoms. The van der Waals surface area contributed by atoms with Crippen LogP contribution in [-0.4, -0.2) is 0 Å². The van der Waals surface area contributed by atoms with Crippen molar-refractivity contribution in [2.75, 3.05) is 4.90 Å². The van der Waals surface area contributed by atoms with Crippen LogP contribution in [0.2, 0.25) is 0 Å². The van der Waals surface area contributed by atoms with Crippen LogP contribution in [0, 0.1) is 0 Å². The lowest BCUT2D eigenvalue weighted by atomic mass is 9.95. The normalized spacial score (nSPS) is 20.4. The van der Waals surface area contributed by atoms with E-state index in [1.165, 1.54) is 0 Å². The molecule has 0 unspecified atom stereocenters. The highest BCUT2D eigenvalue weighted by atomic mass is 16.3. The summed E-state index contributed by atoms with van der Waals surface area (Å²) in [6.45, 7) is 0. The molecule has 0 amide bonds. The van der Waals surface area contributed by atoms with Crippen molar-refractivity contribution >= 4 is 49.8 Å². The molecule has 9 aromatic carbocycles. The minimum absolute atomic E-state index is 0.315. The third-order valence-electron chi connectivity index (χ3n) is 7.93. The summed E-state index contributed by atoms with van der Waals surface area (Å²) < 4.78 is 320. The largest absolute Gasteiger partial charge is 0.453 e. The van der Waals surface area contributed by atoms with Gasteiger partial charge in [-0.2, -0.15) is 0 Å². The standard InChI is InChI=1S/C52H35NO/c1-4-13-36(14-5-1)38-23-25-39(26-24-38)41-29-33-44(34-30-41)53(43-31-27-40(28-32-43)37-15-6-2-7-16-37)50-22-12-21-47-49-35-48(42-17-8-3-9-18-42)45-19-10-11-20-46(45)51(49)54-52(47)50/h1-35H/i1D,2D,3D,4D,5D,6D,7D,8D,9D,10D,11D,12D,13D,14D,15D,16D,17D,18D,19D,20D,21D,22D,23D,24D,25D,26D,27D,28D,29D,30D,31D,32D,33D,34D,35D. The number of hydrogen-bond acceptors (Lipinski definition) is 2. The van der Waals surface area contributed by atoms with Gasteiger partial charge in [-0.15, -0.1) is 0 Å². The second kappa shape index (κ2) is 13.4. The summed E-state index contributed by atoms with van der Waals surface area (Å²) in [6, 6.07) is -37.8. The lowest BCUT2D eigenvalue weighted by molar-refractivity contribution is 0.673. The third-order valence-corrected chi connectivity index (χ3v) is 7.93. The predicted molar refractivity (Wildman–Crippen MR) is 228 cm³/mol. The first-order valence-electron chi connectivity index (χ1n) is 33.1. The molecule has 0 aliphatic rings. The molecule has 10 aromatic rings. The molecule has 1 heterocycles. The van der Waals surface area contributed by atoms with Crippen LogP contribution in [0.25, 0.3) is 77.2 Å². The van der Waals surface area contributed by atoms with E-state index in [2.05, 4.69) is 0 Å². The Labute approximate surface area is 364 Å². The molecule has 0 atom stereocenters. The first-order valence-corrected chi connectivity index (χ1v) is 15.6. The number of para-hydroxylation sites is 1. The molecule has 0 bridgehead atoms. The topological polar surface area (TPSA) is 16.4 Å². The van der Waals surface area contributed by atoms with Gasteiger partial charge >= 0.3 is 0 Å². The molecule has 0 radical (unpaired) electrons. The molecule has 0 aliphatic carbocycles. The van der Waals surface area contributed by atoms with E-state index in [0.29, 0.717) is 4.90 Å². The minimum Gasteiger partial charge on any atom is -0.453 e. The average molecular weight is 725 g/mol. The fraction of sp³-hybridized carbons (Fsp3) is 0. The third kappa shape index (κ3) is 5.62. The Kier molecular flexibility index (Phi) is 2.97. The van der Waals surface area contributed by atoms with Crippen molar-refractivity contribution < 1.29 is 52.4 Å². The molecule has 54 heavy (non-hydrogen) atoms. The van der Waals surface area contributed by atoms with Gasteiger partial charge in [0.25, 0.3) is 0 Å². The number of nitrogens with zero attached hydrogens (tertiary/aromatic N) is 1. The van der Waals surface area contributed by atoms with Crippen LogP contribution in [0.5, 0.6) is 0 Å². The lowest BCUT2D eigenvalue weighted by Gasteiger charge is -2.26. The molecule has 0 aliphatic heterocycles. The van der Waals surface area contributed by atoms with Crippen LogP contribution in [0.15, 0.2) is 216 Å². The summed E-state index contributed by atoms with van der Waals surface area (Å²) in [5.74, 6) is 0. The zero-order valence-electron chi connectivity index (χ0n) is 61.9. The first-order chi connectivity index (χ1) is 41.4. The molecule has 254 valence electrons. The number of anilines is 3. The molecule has 0 fully saturated rings.